The van der Waals surface area contributed by atoms with Crippen LogP contribution >= 0.6 is 0 Å². The molecule has 0 atom stereocenters. The quantitative estimate of drug-likeness (QED) is 0.341. The molecule has 0 saturated heterocycles. The van der Waals surface area contributed by atoms with Gasteiger partial charge in [-0.25, -0.2) is 0 Å². The van der Waals surface area contributed by atoms with Gasteiger partial charge in [-0.05, 0) is 52.6 Å². The Morgan fingerprint density at radius 3 is 1.97 bits per heavy atom. The lowest BCUT2D eigenvalue weighted by molar-refractivity contribution is -0.137. The van der Waals surface area contributed by atoms with Crippen LogP contribution in [0, 0.1) is 0 Å². The highest BCUT2D eigenvalue weighted by atomic mass is 28.3. The second kappa shape index (κ2) is 8.37. The number of alkyl halides is 3. The first-order valence-electron chi connectivity index (χ1n) is 9.63. The van der Waals surface area contributed by atoms with Crippen LogP contribution in [-0.2, 0) is 6.18 Å². The molecular weight excluding hydrogens is 387 g/mol. The monoisotopic (exact) mass is 411 g/mol. The zero-order valence-corrected chi connectivity index (χ0v) is 17.8. The Bertz CT molecular complexity index is 976. The first-order valence-corrected chi connectivity index (χ1v) is 12.6. The Kier molecular flexibility index (Phi) is 6.08. The van der Waals surface area contributed by atoms with Gasteiger partial charge in [0.2, 0.25) is 0 Å². The molecule has 0 saturated carbocycles. The lowest BCUT2D eigenvalue weighted by Gasteiger charge is -2.29. The predicted octanol–water partition coefficient (Wildman–Crippen LogP) is 6.58. The molecule has 150 valence electrons. The van der Waals surface area contributed by atoms with Crippen molar-refractivity contribution in [3.63, 3.8) is 0 Å². The Labute approximate surface area is 171 Å². The minimum Gasteiger partial charge on any atom is -0.266 e. The van der Waals surface area contributed by atoms with Crippen molar-refractivity contribution in [1.29, 1.82) is 0 Å². The van der Waals surface area contributed by atoms with Crippen LogP contribution in [0.3, 0.4) is 0 Å². The molecule has 3 aromatic rings. The van der Waals surface area contributed by atoms with Crippen LogP contribution in [0.2, 0.25) is 13.1 Å². The fourth-order valence-corrected chi connectivity index (χ4v) is 6.89. The summed E-state index contributed by atoms with van der Waals surface area (Å²) in [6.07, 6.45) is -1.78. The van der Waals surface area contributed by atoms with Crippen LogP contribution in [0.4, 0.5) is 13.2 Å². The maximum Gasteiger partial charge on any atom is 0.416 e. The average molecular weight is 412 g/mol. The van der Waals surface area contributed by atoms with E-state index in [4.69, 9.17) is 0 Å². The normalized spacial score (nSPS) is 13.2. The summed E-state index contributed by atoms with van der Waals surface area (Å²) in [5, 5.41) is 2.13. The summed E-state index contributed by atoms with van der Waals surface area (Å²) in [6, 6.07) is 21.5. The molecule has 1 aromatic heterocycles. The largest absolute Gasteiger partial charge is 0.416 e. The van der Waals surface area contributed by atoms with Gasteiger partial charge in [0.25, 0.3) is 0 Å². The Morgan fingerprint density at radius 1 is 0.828 bits per heavy atom. The summed E-state index contributed by atoms with van der Waals surface area (Å²) in [4.78, 5) is 4.61. The van der Waals surface area contributed by atoms with E-state index in [2.05, 4.69) is 37.1 Å². The molecule has 0 spiro atoms. The van der Waals surface area contributed by atoms with E-state index in [0.29, 0.717) is 0 Å². The van der Waals surface area contributed by atoms with Crippen molar-refractivity contribution in [3.8, 4) is 0 Å². The molecule has 5 heteroatoms. The van der Waals surface area contributed by atoms with E-state index in [-0.39, 0.29) is 0 Å². The molecule has 0 amide bonds. The van der Waals surface area contributed by atoms with Crippen LogP contribution < -0.4 is 5.32 Å². The lowest BCUT2D eigenvalue weighted by Crippen LogP contribution is -2.45. The number of pyridine rings is 1. The van der Waals surface area contributed by atoms with Gasteiger partial charge in [-0.2, -0.15) is 13.2 Å². The fraction of sp³-hybridized carbons (Fsp3) is 0.208. The molecule has 0 aliphatic rings. The van der Waals surface area contributed by atoms with Gasteiger partial charge in [0, 0.05) is 11.5 Å². The van der Waals surface area contributed by atoms with Gasteiger partial charge < -0.3 is 0 Å². The smallest absolute Gasteiger partial charge is 0.266 e. The summed E-state index contributed by atoms with van der Waals surface area (Å²) < 4.78 is 39.3. The predicted molar refractivity (Wildman–Crippen MR) is 116 cm³/mol. The molecule has 0 fully saturated rings. The van der Waals surface area contributed by atoms with Crippen LogP contribution in [0.25, 0.3) is 10.8 Å². The maximum atomic E-state index is 13.1. The topological polar surface area (TPSA) is 12.9 Å². The van der Waals surface area contributed by atoms with E-state index in [0.717, 1.165) is 33.6 Å². The third kappa shape index (κ3) is 4.51. The van der Waals surface area contributed by atoms with Crippen molar-refractivity contribution >= 4 is 24.2 Å². The molecule has 0 bridgehead atoms. The first kappa shape index (κ1) is 21.1. The fourth-order valence-electron chi connectivity index (χ4n) is 3.76. The molecule has 0 radical (unpaired) electrons. The number of benzene rings is 2. The molecule has 0 unspecified atom stereocenters. The van der Waals surface area contributed by atoms with Gasteiger partial charge in [0.1, 0.15) is 8.07 Å². The van der Waals surface area contributed by atoms with E-state index in [1.54, 1.807) is 18.3 Å². The highest BCUT2D eigenvalue weighted by molar-refractivity contribution is 7.05. The van der Waals surface area contributed by atoms with Gasteiger partial charge >= 0.3 is 6.18 Å². The first-order chi connectivity index (χ1) is 13.7. The van der Waals surface area contributed by atoms with Gasteiger partial charge in [0.15, 0.2) is 0 Å². The van der Waals surface area contributed by atoms with E-state index in [1.165, 1.54) is 12.1 Å². The van der Waals surface area contributed by atoms with E-state index < -0.39 is 19.8 Å². The molecule has 3 rings (SSSR count). The van der Waals surface area contributed by atoms with Crippen LogP contribution in [0.5, 0.6) is 0 Å². The van der Waals surface area contributed by atoms with Crippen molar-refractivity contribution in [2.75, 3.05) is 0 Å². The van der Waals surface area contributed by atoms with Gasteiger partial charge in [-0.15, -0.1) is 0 Å². The van der Waals surface area contributed by atoms with Gasteiger partial charge in [0.05, 0.1) is 5.56 Å². The Morgan fingerprint density at radius 2 is 1.45 bits per heavy atom. The molecule has 0 aliphatic carbocycles. The molecular formula is C24H24F3NSi. The number of aromatic nitrogens is 1. The minimum absolute atomic E-state index is 0.629. The lowest BCUT2D eigenvalue weighted by atomic mass is 9.99. The molecule has 1 nitrogen and oxygen atoms in total. The Hall–Kier alpha value is -2.66. The van der Waals surface area contributed by atoms with E-state index >= 15 is 0 Å². The summed E-state index contributed by atoms with van der Waals surface area (Å²) in [6.45, 7) is 6.51. The summed E-state index contributed by atoms with van der Waals surface area (Å²) >= 11 is 0. The number of hydrogen-bond acceptors (Lipinski definition) is 1. The van der Waals surface area contributed by atoms with Crippen LogP contribution in [0.15, 0.2) is 79.0 Å². The van der Waals surface area contributed by atoms with E-state index in [9.17, 15) is 13.2 Å². The molecule has 29 heavy (non-hydrogen) atoms. The Balaban J connectivity index is 2.26. The highest BCUT2D eigenvalue weighted by Crippen LogP contribution is 2.37. The maximum absolute atomic E-state index is 13.1. The van der Waals surface area contributed by atoms with Crippen LogP contribution in [0.1, 0.15) is 30.0 Å². The van der Waals surface area contributed by atoms with Crippen molar-refractivity contribution in [2.24, 2.45) is 0 Å². The van der Waals surface area contributed by atoms with Crippen LogP contribution in [-0.4, -0.2) is 13.1 Å². The summed E-state index contributed by atoms with van der Waals surface area (Å²) in [7, 11) is -2.29. The summed E-state index contributed by atoms with van der Waals surface area (Å²) in [5.41, 5.74) is 2.46. The van der Waals surface area contributed by atoms with Gasteiger partial charge in [-0.3, -0.25) is 4.98 Å². The third-order valence-electron chi connectivity index (χ3n) is 5.21. The number of allylic oxidation sites excluding steroid dienone is 1. The highest BCUT2D eigenvalue weighted by Gasteiger charge is 2.35. The molecule has 0 N–H and O–H groups in total. The number of rotatable bonds is 5. The zero-order chi connectivity index (χ0) is 21.1. The molecule has 2 aromatic carbocycles. The number of halogens is 3. The second-order valence-corrected chi connectivity index (χ2v) is 11.8. The average Bonchev–Trinajstić information content (AvgIpc) is 2.72. The third-order valence-corrected chi connectivity index (χ3v) is 8.63. The summed E-state index contributed by atoms with van der Waals surface area (Å²) in [5.74, 6) is 0. The minimum atomic E-state index is -4.34. The van der Waals surface area contributed by atoms with Crippen molar-refractivity contribution in [2.45, 2.75) is 32.6 Å². The van der Waals surface area contributed by atoms with Crippen molar-refractivity contribution in [1.82, 2.24) is 4.98 Å². The number of nitrogens with zero attached hydrogens (tertiary/aromatic N) is 1. The molecule has 0 aliphatic heterocycles. The van der Waals surface area contributed by atoms with E-state index in [1.807, 2.05) is 36.4 Å². The van der Waals surface area contributed by atoms with Crippen molar-refractivity contribution in [3.05, 3.63) is 95.7 Å². The van der Waals surface area contributed by atoms with Crippen molar-refractivity contribution < 1.29 is 13.2 Å². The van der Waals surface area contributed by atoms with Gasteiger partial charge in [-0.1, -0.05) is 68.5 Å². The SMILES string of the molecule is CC/C(=C(/c1ccc(C(F)(F)F)cc1)[Si](C)(C)c1ccccn1)c1ccccc1. The molecule has 1 heterocycles. The zero-order valence-electron chi connectivity index (χ0n) is 16.8. The second-order valence-electron chi connectivity index (χ2n) is 7.49. The standard InChI is InChI=1S/C24H24F3NSi/c1-4-21(18-10-6-5-7-11-18)23(29(2,3)22-12-8-9-17-28-22)19-13-15-20(16-14-19)24(25,26)27/h5-17H,4H2,1-3H3/b23-21+. The number of hydrogen-bond donors (Lipinski definition) is 0.